The van der Waals surface area contributed by atoms with Crippen molar-refractivity contribution in [2.24, 2.45) is 0 Å². The van der Waals surface area contributed by atoms with Crippen LogP contribution in [0.15, 0.2) is 48.2 Å². The minimum absolute atomic E-state index is 0.00409. The number of carbonyl (C=O) groups is 1. The number of hydrogen-bond acceptors (Lipinski definition) is 6. The molecule has 28 heavy (non-hydrogen) atoms. The second kappa shape index (κ2) is 6.79. The third kappa shape index (κ3) is 3.05. The fraction of sp³-hybridized carbons (Fsp3) is 0.250. The lowest BCUT2D eigenvalue weighted by molar-refractivity contribution is 0.0785. The van der Waals surface area contributed by atoms with Crippen LogP contribution < -0.4 is 0 Å². The Morgan fingerprint density at radius 2 is 2.00 bits per heavy atom. The normalized spacial score (nSPS) is 16.8. The number of pyridine rings is 2. The molecule has 0 bridgehead atoms. The lowest BCUT2D eigenvalue weighted by Gasteiger charge is -2.14. The van der Waals surface area contributed by atoms with Crippen LogP contribution in [0.4, 0.5) is 0 Å². The van der Waals surface area contributed by atoms with Crippen LogP contribution in [0.5, 0.6) is 0 Å². The summed E-state index contributed by atoms with van der Waals surface area (Å²) in [6, 6.07) is 7.96. The van der Waals surface area contributed by atoms with Crippen molar-refractivity contribution in [2.75, 3.05) is 13.1 Å². The molecule has 1 atom stereocenters. The van der Waals surface area contributed by atoms with E-state index in [1.54, 1.807) is 12.4 Å². The van der Waals surface area contributed by atoms with Gasteiger partial charge in [-0.25, -0.2) is 14.5 Å². The highest BCUT2D eigenvalue weighted by Gasteiger charge is 2.31. The largest absolute Gasteiger partial charge is 0.337 e. The lowest BCUT2D eigenvalue weighted by Crippen LogP contribution is -2.28. The van der Waals surface area contributed by atoms with Gasteiger partial charge in [0.25, 0.3) is 5.91 Å². The lowest BCUT2D eigenvalue weighted by atomic mass is 10.1. The molecule has 5 rings (SSSR count). The van der Waals surface area contributed by atoms with Gasteiger partial charge in [0.1, 0.15) is 5.69 Å². The minimum Gasteiger partial charge on any atom is -0.337 e. The molecule has 0 N–H and O–H groups in total. The number of thiazole rings is 1. The summed E-state index contributed by atoms with van der Waals surface area (Å²) in [5, 5.41) is 7.43. The number of carbonyl (C=O) groups excluding carboxylic acids is 1. The Bertz CT molecular complexity index is 1150. The molecule has 4 aromatic heterocycles. The van der Waals surface area contributed by atoms with E-state index in [1.165, 1.54) is 11.3 Å². The summed E-state index contributed by atoms with van der Waals surface area (Å²) >= 11 is 1.50. The van der Waals surface area contributed by atoms with Gasteiger partial charge in [-0.2, -0.15) is 5.10 Å². The molecule has 0 aromatic carbocycles. The quantitative estimate of drug-likeness (QED) is 0.537. The fourth-order valence-corrected chi connectivity index (χ4v) is 4.15. The van der Waals surface area contributed by atoms with Crippen LogP contribution in [0, 0.1) is 6.92 Å². The van der Waals surface area contributed by atoms with Crippen molar-refractivity contribution in [3.8, 4) is 11.1 Å². The van der Waals surface area contributed by atoms with E-state index in [4.69, 9.17) is 0 Å². The molecule has 0 unspecified atom stereocenters. The summed E-state index contributed by atoms with van der Waals surface area (Å²) in [5.41, 5.74) is 3.50. The van der Waals surface area contributed by atoms with E-state index in [2.05, 4.69) is 20.1 Å². The molecule has 0 spiro atoms. The Balaban J connectivity index is 1.37. The molecule has 140 valence electrons. The van der Waals surface area contributed by atoms with Crippen molar-refractivity contribution in [1.29, 1.82) is 0 Å². The molecule has 8 heteroatoms. The van der Waals surface area contributed by atoms with Gasteiger partial charge >= 0.3 is 0 Å². The van der Waals surface area contributed by atoms with Crippen molar-refractivity contribution < 1.29 is 4.79 Å². The number of nitrogens with zero attached hydrogens (tertiary/aromatic N) is 6. The average molecular weight is 390 g/mol. The van der Waals surface area contributed by atoms with Gasteiger partial charge in [-0.15, -0.1) is 11.3 Å². The number of rotatable bonds is 3. The number of hydrogen-bond donors (Lipinski definition) is 0. The van der Waals surface area contributed by atoms with E-state index in [9.17, 15) is 4.79 Å². The predicted molar refractivity (Wildman–Crippen MR) is 106 cm³/mol. The molecule has 1 amide bonds. The van der Waals surface area contributed by atoms with Crippen LogP contribution in [0.3, 0.4) is 0 Å². The predicted octanol–water partition coefficient (Wildman–Crippen LogP) is 3.19. The first-order valence-electron chi connectivity index (χ1n) is 9.15. The first-order valence-corrected chi connectivity index (χ1v) is 10.0. The Kier molecular flexibility index (Phi) is 4.12. The van der Waals surface area contributed by atoms with Crippen LogP contribution in [-0.4, -0.2) is 48.5 Å². The van der Waals surface area contributed by atoms with Crippen LogP contribution in [-0.2, 0) is 0 Å². The second-order valence-corrected chi connectivity index (χ2v) is 7.98. The zero-order chi connectivity index (χ0) is 19.1. The highest BCUT2D eigenvalue weighted by atomic mass is 32.1. The summed E-state index contributed by atoms with van der Waals surface area (Å²) < 4.78 is 1.82. The Labute approximate surface area is 165 Å². The standard InChI is InChI=1S/C20H18N6OS/c1-13-22-17(12-28-13)20(27)25-9-6-16(10-25)19-23-18-3-2-15(11-26(18)24-19)14-4-7-21-8-5-14/h2-5,7-8,11-12,16H,6,9-10H2,1H3/t16-/m0/s1. The topological polar surface area (TPSA) is 76.3 Å². The number of likely N-dealkylation sites (tertiary alicyclic amines) is 1. The molecular weight excluding hydrogens is 372 g/mol. The summed E-state index contributed by atoms with van der Waals surface area (Å²) in [4.78, 5) is 27.5. The van der Waals surface area contributed by atoms with E-state index in [0.29, 0.717) is 18.8 Å². The Hall–Kier alpha value is -3.13. The zero-order valence-corrected chi connectivity index (χ0v) is 16.1. The first-order chi connectivity index (χ1) is 13.7. The van der Waals surface area contributed by atoms with Crippen LogP contribution >= 0.6 is 11.3 Å². The van der Waals surface area contributed by atoms with Crippen molar-refractivity contribution in [3.05, 3.63) is 64.8 Å². The molecule has 1 saturated heterocycles. The van der Waals surface area contributed by atoms with Gasteiger partial charge in [0, 0.05) is 48.5 Å². The van der Waals surface area contributed by atoms with Gasteiger partial charge in [-0.3, -0.25) is 9.78 Å². The Morgan fingerprint density at radius 1 is 1.14 bits per heavy atom. The number of fused-ring (bicyclic) bond motifs is 1. The van der Waals surface area contributed by atoms with Crippen LogP contribution in [0.2, 0.25) is 0 Å². The number of aromatic nitrogens is 5. The second-order valence-electron chi connectivity index (χ2n) is 6.91. The third-order valence-corrected chi connectivity index (χ3v) is 5.81. The first kappa shape index (κ1) is 17.0. The van der Waals surface area contributed by atoms with Gasteiger partial charge in [0.2, 0.25) is 0 Å². The molecule has 1 aliphatic heterocycles. The maximum absolute atomic E-state index is 12.6. The molecule has 1 fully saturated rings. The van der Waals surface area contributed by atoms with Gasteiger partial charge < -0.3 is 4.90 Å². The van der Waals surface area contributed by atoms with Crippen molar-refractivity contribution in [1.82, 2.24) is 29.5 Å². The van der Waals surface area contributed by atoms with Gasteiger partial charge in [0.05, 0.1) is 5.01 Å². The third-order valence-electron chi connectivity index (χ3n) is 5.04. The monoisotopic (exact) mass is 390 g/mol. The molecule has 7 nitrogen and oxygen atoms in total. The molecule has 0 radical (unpaired) electrons. The molecule has 0 aliphatic carbocycles. The van der Waals surface area contributed by atoms with Crippen LogP contribution in [0.25, 0.3) is 16.8 Å². The van der Waals surface area contributed by atoms with Gasteiger partial charge in [0.15, 0.2) is 11.5 Å². The molecular formula is C20H18N6OS. The fourth-order valence-electron chi connectivity index (χ4n) is 3.57. The van der Waals surface area contributed by atoms with Crippen molar-refractivity contribution in [3.63, 3.8) is 0 Å². The summed E-state index contributed by atoms with van der Waals surface area (Å²) in [7, 11) is 0. The van der Waals surface area contributed by atoms with Crippen molar-refractivity contribution >= 4 is 22.9 Å². The molecule has 1 aliphatic rings. The molecule has 0 saturated carbocycles. The number of amides is 1. The van der Waals surface area contributed by atoms with E-state index in [1.807, 2.05) is 52.2 Å². The highest BCUT2D eigenvalue weighted by molar-refractivity contribution is 7.09. The SMILES string of the molecule is Cc1nc(C(=O)N2CC[C@H](c3nc4ccc(-c5ccncc5)cn4n3)C2)cs1. The highest BCUT2D eigenvalue weighted by Crippen LogP contribution is 2.27. The van der Waals surface area contributed by atoms with E-state index in [-0.39, 0.29) is 11.8 Å². The van der Waals surface area contributed by atoms with Crippen molar-refractivity contribution in [2.45, 2.75) is 19.3 Å². The summed E-state index contributed by atoms with van der Waals surface area (Å²) in [6.07, 6.45) is 6.40. The minimum atomic E-state index is -0.00409. The molecule has 5 heterocycles. The smallest absolute Gasteiger partial charge is 0.273 e. The zero-order valence-electron chi connectivity index (χ0n) is 15.3. The Morgan fingerprint density at radius 3 is 2.79 bits per heavy atom. The summed E-state index contributed by atoms with van der Waals surface area (Å²) in [5.74, 6) is 0.931. The van der Waals surface area contributed by atoms with Crippen LogP contribution in [0.1, 0.15) is 33.7 Å². The van der Waals surface area contributed by atoms with E-state index >= 15 is 0 Å². The average Bonchev–Trinajstić information content (AvgIpc) is 3.46. The van der Waals surface area contributed by atoms with E-state index in [0.717, 1.165) is 34.0 Å². The van der Waals surface area contributed by atoms with E-state index < -0.39 is 0 Å². The maximum atomic E-state index is 12.6. The maximum Gasteiger partial charge on any atom is 0.273 e. The van der Waals surface area contributed by atoms with Gasteiger partial charge in [-0.05, 0) is 43.2 Å². The summed E-state index contributed by atoms with van der Waals surface area (Å²) in [6.45, 7) is 3.25. The number of aryl methyl sites for hydroxylation is 1. The molecule has 4 aromatic rings. The van der Waals surface area contributed by atoms with Gasteiger partial charge in [-0.1, -0.05) is 0 Å².